The summed E-state index contributed by atoms with van der Waals surface area (Å²) in [7, 11) is 1.45. The second-order valence-electron chi connectivity index (χ2n) is 6.30. The van der Waals surface area contributed by atoms with Gasteiger partial charge in [-0.15, -0.1) is 0 Å². The molecule has 1 saturated heterocycles. The Morgan fingerprint density at radius 1 is 1.00 bits per heavy atom. The van der Waals surface area contributed by atoms with Crippen LogP contribution in [0.15, 0.2) is 12.2 Å². The number of allylic oxidation sites excluding steroid dienone is 1. The number of rotatable bonds is 14. The lowest BCUT2D eigenvalue weighted by Gasteiger charge is -2.00. The van der Waals surface area contributed by atoms with E-state index >= 15 is 0 Å². The molecule has 128 valence electrons. The second kappa shape index (κ2) is 12.7. The number of carbonyl (C=O) groups excluding carboxylic acids is 1. The lowest BCUT2D eigenvalue weighted by atomic mass is 10.1. The molecule has 0 N–H and O–H groups in total. The van der Waals surface area contributed by atoms with Crippen molar-refractivity contribution in [2.24, 2.45) is 0 Å². The molecule has 1 fully saturated rings. The van der Waals surface area contributed by atoms with Gasteiger partial charge in [-0.2, -0.15) is 0 Å². The summed E-state index contributed by atoms with van der Waals surface area (Å²) in [5.74, 6) is -0.0850. The molecule has 0 aliphatic carbocycles. The van der Waals surface area contributed by atoms with E-state index in [-0.39, 0.29) is 5.97 Å². The second-order valence-corrected chi connectivity index (χ2v) is 6.30. The molecule has 0 amide bonds. The van der Waals surface area contributed by atoms with Crippen LogP contribution in [0, 0.1) is 0 Å². The number of hydrogen-bond donors (Lipinski definition) is 0. The highest BCUT2D eigenvalue weighted by Gasteiger charge is 2.36. The molecule has 1 rings (SSSR count). The van der Waals surface area contributed by atoms with Gasteiger partial charge in [0.1, 0.15) is 0 Å². The Morgan fingerprint density at radius 2 is 1.77 bits per heavy atom. The number of carbonyl (C=O) groups is 1. The number of unbranched alkanes of at least 4 members (excludes halogenated alkanes) is 7. The number of hydrogen-bond acceptors (Lipinski definition) is 3. The molecule has 1 heterocycles. The maximum atomic E-state index is 10.9. The van der Waals surface area contributed by atoms with Gasteiger partial charge >= 0.3 is 5.97 Å². The fourth-order valence-electron chi connectivity index (χ4n) is 2.75. The van der Waals surface area contributed by atoms with Crippen LogP contribution in [0.3, 0.4) is 0 Å². The van der Waals surface area contributed by atoms with Gasteiger partial charge in [-0.25, -0.2) is 0 Å². The van der Waals surface area contributed by atoms with Crippen LogP contribution >= 0.6 is 0 Å². The summed E-state index contributed by atoms with van der Waals surface area (Å²) in [5, 5.41) is 0. The molecule has 0 aromatic heterocycles. The first-order valence-corrected chi connectivity index (χ1v) is 9.15. The molecule has 0 bridgehead atoms. The van der Waals surface area contributed by atoms with Crippen LogP contribution in [0.2, 0.25) is 0 Å². The van der Waals surface area contributed by atoms with Gasteiger partial charge in [0.2, 0.25) is 0 Å². The van der Waals surface area contributed by atoms with Crippen molar-refractivity contribution < 1.29 is 14.3 Å². The fraction of sp³-hybridized carbons (Fsp3) is 0.842. The van der Waals surface area contributed by atoms with E-state index in [1.54, 1.807) is 0 Å². The van der Waals surface area contributed by atoms with E-state index in [0.29, 0.717) is 18.6 Å². The summed E-state index contributed by atoms with van der Waals surface area (Å²) < 4.78 is 10.3. The summed E-state index contributed by atoms with van der Waals surface area (Å²) in [4.78, 5) is 10.9. The predicted molar refractivity (Wildman–Crippen MR) is 90.9 cm³/mol. The van der Waals surface area contributed by atoms with E-state index < -0.39 is 0 Å². The van der Waals surface area contributed by atoms with E-state index in [4.69, 9.17) is 4.74 Å². The third kappa shape index (κ3) is 9.99. The Labute approximate surface area is 136 Å². The lowest BCUT2D eigenvalue weighted by Crippen LogP contribution is -1.99. The minimum absolute atomic E-state index is 0.0850. The van der Waals surface area contributed by atoms with Gasteiger partial charge in [-0.1, -0.05) is 57.6 Å². The van der Waals surface area contributed by atoms with Crippen molar-refractivity contribution in [2.75, 3.05) is 7.11 Å². The van der Waals surface area contributed by atoms with Crippen molar-refractivity contribution >= 4 is 5.97 Å². The number of epoxide rings is 1. The van der Waals surface area contributed by atoms with Crippen molar-refractivity contribution in [3.63, 3.8) is 0 Å². The molecule has 2 atom stereocenters. The molecule has 3 nitrogen and oxygen atoms in total. The zero-order chi connectivity index (χ0) is 16.0. The van der Waals surface area contributed by atoms with Gasteiger partial charge < -0.3 is 9.47 Å². The Balaban J connectivity index is 1.80. The van der Waals surface area contributed by atoms with E-state index in [9.17, 15) is 4.79 Å². The highest BCUT2D eigenvalue weighted by molar-refractivity contribution is 5.68. The molecule has 3 heteroatoms. The monoisotopic (exact) mass is 310 g/mol. The highest BCUT2D eigenvalue weighted by atomic mass is 16.6. The predicted octanol–water partition coefficient (Wildman–Crippen LogP) is 5.18. The van der Waals surface area contributed by atoms with E-state index in [2.05, 4.69) is 23.8 Å². The van der Waals surface area contributed by atoms with Crippen LogP contribution in [-0.4, -0.2) is 25.3 Å². The third-order valence-electron chi connectivity index (χ3n) is 4.29. The molecule has 0 radical (unpaired) electrons. The molecule has 0 spiro atoms. The molecular formula is C19H34O3. The van der Waals surface area contributed by atoms with Gasteiger partial charge in [0, 0.05) is 6.42 Å². The molecule has 22 heavy (non-hydrogen) atoms. The highest BCUT2D eigenvalue weighted by Crippen LogP contribution is 2.30. The third-order valence-corrected chi connectivity index (χ3v) is 4.29. The van der Waals surface area contributed by atoms with Crippen LogP contribution in [0.4, 0.5) is 0 Å². The zero-order valence-electron chi connectivity index (χ0n) is 14.5. The number of esters is 1. The van der Waals surface area contributed by atoms with Crippen molar-refractivity contribution in [2.45, 2.75) is 96.2 Å². The molecule has 0 aromatic rings. The maximum Gasteiger partial charge on any atom is 0.305 e. The Morgan fingerprint density at radius 3 is 2.55 bits per heavy atom. The number of methoxy groups -OCH3 is 1. The van der Waals surface area contributed by atoms with Gasteiger partial charge in [-0.3, -0.25) is 4.79 Å². The van der Waals surface area contributed by atoms with Gasteiger partial charge in [0.15, 0.2) is 0 Å². The molecule has 1 aliphatic rings. The first-order chi connectivity index (χ1) is 10.8. The summed E-state index contributed by atoms with van der Waals surface area (Å²) in [5.41, 5.74) is 0. The first kappa shape index (κ1) is 19.2. The summed E-state index contributed by atoms with van der Waals surface area (Å²) in [6.45, 7) is 2.24. The normalized spacial score (nSPS) is 20.5. The molecule has 0 aromatic carbocycles. The van der Waals surface area contributed by atoms with Gasteiger partial charge in [0.25, 0.3) is 0 Å². The van der Waals surface area contributed by atoms with Crippen LogP contribution in [-0.2, 0) is 14.3 Å². The van der Waals surface area contributed by atoms with Gasteiger partial charge in [0.05, 0.1) is 19.3 Å². The van der Waals surface area contributed by atoms with Crippen molar-refractivity contribution in [3.05, 3.63) is 12.2 Å². The average molecular weight is 310 g/mol. The summed E-state index contributed by atoms with van der Waals surface area (Å²) in [6.07, 6.45) is 19.5. The fourth-order valence-corrected chi connectivity index (χ4v) is 2.75. The van der Waals surface area contributed by atoms with E-state index in [0.717, 1.165) is 19.3 Å². The van der Waals surface area contributed by atoms with Crippen molar-refractivity contribution in [3.8, 4) is 0 Å². The SMILES string of the molecule is CCCCCC1OC1C/C=C\CCCCCCCC(=O)OC. The summed E-state index contributed by atoms with van der Waals surface area (Å²) in [6, 6.07) is 0. The van der Waals surface area contributed by atoms with Crippen LogP contribution < -0.4 is 0 Å². The maximum absolute atomic E-state index is 10.9. The lowest BCUT2D eigenvalue weighted by molar-refractivity contribution is -0.140. The van der Waals surface area contributed by atoms with Crippen LogP contribution in [0.5, 0.6) is 0 Å². The van der Waals surface area contributed by atoms with Crippen LogP contribution in [0.1, 0.15) is 84.0 Å². The molecule has 0 saturated carbocycles. The van der Waals surface area contributed by atoms with Crippen molar-refractivity contribution in [1.29, 1.82) is 0 Å². The zero-order valence-corrected chi connectivity index (χ0v) is 14.5. The minimum Gasteiger partial charge on any atom is -0.469 e. The molecule has 2 unspecified atom stereocenters. The quantitative estimate of drug-likeness (QED) is 0.192. The number of ether oxygens (including phenoxy) is 2. The first-order valence-electron chi connectivity index (χ1n) is 9.15. The molecular weight excluding hydrogens is 276 g/mol. The van der Waals surface area contributed by atoms with Crippen LogP contribution in [0.25, 0.3) is 0 Å². The Bertz CT molecular complexity index is 312. The van der Waals surface area contributed by atoms with Crippen molar-refractivity contribution in [1.82, 2.24) is 0 Å². The van der Waals surface area contributed by atoms with Gasteiger partial charge in [-0.05, 0) is 32.1 Å². The Hall–Kier alpha value is -0.830. The largest absolute Gasteiger partial charge is 0.469 e. The Kier molecular flexibility index (Phi) is 11.1. The molecule has 1 aliphatic heterocycles. The summed E-state index contributed by atoms with van der Waals surface area (Å²) >= 11 is 0. The smallest absolute Gasteiger partial charge is 0.305 e. The standard InChI is InChI=1S/C19H34O3/c1-3-4-11-14-17-18(22-17)15-12-9-7-5-6-8-10-13-16-19(20)21-2/h9,12,17-18H,3-8,10-11,13-16H2,1-2H3/b12-9-. The van der Waals surface area contributed by atoms with E-state index in [1.165, 1.54) is 58.5 Å². The topological polar surface area (TPSA) is 38.8 Å². The van der Waals surface area contributed by atoms with E-state index in [1.807, 2.05) is 0 Å². The minimum atomic E-state index is -0.0850. The average Bonchev–Trinajstić information content (AvgIpc) is 3.27.